The Balaban J connectivity index is 0.00000400. The second-order valence-corrected chi connectivity index (χ2v) is 4.81. The van der Waals surface area contributed by atoms with Crippen molar-refractivity contribution < 1.29 is 15.4 Å². The quantitative estimate of drug-likeness (QED) is 0.428. The van der Waals surface area contributed by atoms with Crippen LogP contribution in [-0.2, 0) is 6.54 Å². The summed E-state index contributed by atoms with van der Waals surface area (Å²) in [6.07, 6.45) is 3.92. The molecular formula is C14H26N4O3. The largest absolute Gasteiger partial charge is 0.412 e. The molecule has 21 heavy (non-hydrogen) atoms. The molecule has 0 fully saturated rings. The van der Waals surface area contributed by atoms with Gasteiger partial charge in [-0.2, -0.15) is 0 Å². The molecule has 1 aromatic rings. The van der Waals surface area contributed by atoms with Gasteiger partial charge >= 0.3 is 0 Å². The number of aliphatic hydroxyl groups is 1. The van der Waals surface area contributed by atoms with E-state index in [9.17, 15) is 9.90 Å². The highest BCUT2D eigenvalue weighted by atomic mass is 16.3. The lowest BCUT2D eigenvalue weighted by atomic mass is 10.0. The van der Waals surface area contributed by atoms with Crippen LogP contribution in [0.25, 0.3) is 0 Å². The monoisotopic (exact) mass is 298 g/mol. The summed E-state index contributed by atoms with van der Waals surface area (Å²) in [6.45, 7) is 4.60. The van der Waals surface area contributed by atoms with E-state index < -0.39 is 12.1 Å². The molecule has 1 rings (SSSR count). The molecule has 0 aliphatic rings. The molecule has 7 nitrogen and oxygen atoms in total. The van der Waals surface area contributed by atoms with Gasteiger partial charge in [0, 0.05) is 6.20 Å². The Hall–Kier alpha value is -1.41. The standard InChI is InChI=1S/C14H24N4O2.H2O/c1-3-4-5-7-17-13(10(2)19)14(20)11-6-8-16-12(9-15)18-11;/h6,8,10,13,17,19H,3-5,7,9,15H2,1-2H3;1H2. The molecule has 6 N–H and O–H groups in total. The SMILES string of the molecule is CCCCCNC(C(=O)c1ccnc(CN)n1)C(C)O.O. The number of carbonyl (C=O) groups is 1. The average molecular weight is 298 g/mol. The number of ketones is 1. The number of hydrogen-bond donors (Lipinski definition) is 3. The van der Waals surface area contributed by atoms with Crippen molar-refractivity contribution in [3.63, 3.8) is 0 Å². The number of unbranched alkanes of at least 4 members (excludes halogenated alkanes) is 2. The summed E-state index contributed by atoms with van der Waals surface area (Å²) in [4.78, 5) is 20.4. The molecule has 1 heterocycles. The zero-order valence-electron chi connectivity index (χ0n) is 12.7. The molecular weight excluding hydrogens is 272 g/mol. The number of carbonyl (C=O) groups excluding carboxylic acids is 1. The molecule has 0 aliphatic heterocycles. The molecule has 0 amide bonds. The Morgan fingerprint density at radius 2 is 2.19 bits per heavy atom. The minimum atomic E-state index is -0.777. The van der Waals surface area contributed by atoms with Crippen LogP contribution in [-0.4, -0.2) is 45.0 Å². The molecule has 0 saturated heterocycles. The van der Waals surface area contributed by atoms with Gasteiger partial charge in [0.25, 0.3) is 0 Å². The third kappa shape index (κ3) is 6.26. The van der Waals surface area contributed by atoms with Gasteiger partial charge in [0.05, 0.1) is 18.7 Å². The number of aliphatic hydroxyl groups excluding tert-OH is 1. The van der Waals surface area contributed by atoms with E-state index in [-0.39, 0.29) is 23.5 Å². The number of aromatic nitrogens is 2. The first-order chi connectivity index (χ1) is 9.60. The molecule has 0 spiro atoms. The van der Waals surface area contributed by atoms with Crippen molar-refractivity contribution >= 4 is 5.78 Å². The topological polar surface area (TPSA) is 133 Å². The second kappa shape index (κ2) is 10.3. The zero-order chi connectivity index (χ0) is 15.0. The van der Waals surface area contributed by atoms with Crippen LogP contribution in [0.4, 0.5) is 0 Å². The molecule has 120 valence electrons. The summed E-state index contributed by atoms with van der Waals surface area (Å²) in [5.74, 6) is 0.194. The summed E-state index contributed by atoms with van der Waals surface area (Å²) >= 11 is 0. The predicted octanol–water partition coefficient (Wildman–Crippen LogP) is -0.177. The Bertz CT molecular complexity index is 426. The highest BCUT2D eigenvalue weighted by molar-refractivity contribution is 5.98. The van der Waals surface area contributed by atoms with Crippen LogP contribution in [0.5, 0.6) is 0 Å². The van der Waals surface area contributed by atoms with Crippen LogP contribution in [0.15, 0.2) is 12.3 Å². The van der Waals surface area contributed by atoms with Crippen LogP contribution in [0.3, 0.4) is 0 Å². The maximum Gasteiger partial charge on any atom is 0.200 e. The third-order valence-electron chi connectivity index (χ3n) is 3.05. The Morgan fingerprint density at radius 1 is 1.48 bits per heavy atom. The lowest BCUT2D eigenvalue weighted by Crippen LogP contribution is -2.45. The van der Waals surface area contributed by atoms with Crippen molar-refractivity contribution in [3.8, 4) is 0 Å². The lowest BCUT2D eigenvalue weighted by Gasteiger charge is -2.20. The van der Waals surface area contributed by atoms with E-state index in [1.165, 1.54) is 6.20 Å². The Morgan fingerprint density at radius 3 is 2.76 bits per heavy atom. The summed E-state index contributed by atoms with van der Waals surface area (Å²) in [7, 11) is 0. The van der Waals surface area contributed by atoms with Gasteiger partial charge in [0.1, 0.15) is 11.5 Å². The summed E-state index contributed by atoms with van der Waals surface area (Å²) in [6, 6.07) is 0.900. The van der Waals surface area contributed by atoms with E-state index >= 15 is 0 Å². The highest BCUT2D eigenvalue weighted by Crippen LogP contribution is 2.05. The van der Waals surface area contributed by atoms with Gasteiger partial charge in [-0.05, 0) is 26.0 Å². The number of nitrogens with one attached hydrogen (secondary N) is 1. The summed E-state index contributed by atoms with van der Waals surface area (Å²) in [5, 5.41) is 12.9. The van der Waals surface area contributed by atoms with Crippen molar-refractivity contribution in [1.29, 1.82) is 0 Å². The molecule has 0 saturated carbocycles. The van der Waals surface area contributed by atoms with E-state index in [4.69, 9.17) is 5.73 Å². The van der Waals surface area contributed by atoms with Crippen molar-refractivity contribution in [2.24, 2.45) is 5.73 Å². The van der Waals surface area contributed by atoms with E-state index in [1.54, 1.807) is 13.0 Å². The van der Waals surface area contributed by atoms with E-state index in [0.29, 0.717) is 12.4 Å². The van der Waals surface area contributed by atoms with Crippen molar-refractivity contribution in [1.82, 2.24) is 15.3 Å². The van der Waals surface area contributed by atoms with Gasteiger partial charge < -0.3 is 21.6 Å². The van der Waals surface area contributed by atoms with Crippen molar-refractivity contribution in [2.75, 3.05) is 6.54 Å². The lowest BCUT2D eigenvalue weighted by molar-refractivity contribution is 0.0792. The van der Waals surface area contributed by atoms with Crippen LogP contribution < -0.4 is 11.1 Å². The summed E-state index contributed by atoms with van der Waals surface area (Å²) < 4.78 is 0. The zero-order valence-corrected chi connectivity index (χ0v) is 12.7. The first-order valence-corrected chi connectivity index (χ1v) is 7.07. The molecule has 1 aromatic heterocycles. The van der Waals surface area contributed by atoms with Crippen LogP contribution >= 0.6 is 0 Å². The summed E-state index contributed by atoms with van der Waals surface area (Å²) in [5.41, 5.74) is 5.75. The maximum atomic E-state index is 12.4. The number of nitrogens with zero attached hydrogens (tertiary/aromatic N) is 2. The van der Waals surface area contributed by atoms with Crippen LogP contribution in [0.1, 0.15) is 49.4 Å². The fourth-order valence-electron chi connectivity index (χ4n) is 1.91. The van der Waals surface area contributed by atoms with Gasteiger partial charge in [-0.25, -0.2) is 9.97 Å². The average Bonchev–Trinajstić information content (AvgIpc) is 2.46. The molecule has 0 bridgehead atoms. The minimum Gasteiger partial charge on any atom is -0.412 e. The fourth-order valence-corrected chi connectivity index (χ4v) is 1.91. The Labute approximate surface area is 125 Å². The molecule has 0 radical (unpaired) electrons. The number of rotatable bonds is 9. The van der Waals surface area contributed by atoms with Crippen molar-refractivity contribution in [2.45, 2.75) is 51.8 Å². The smallest absolute Gasteiger partial charge is 0.200 e. The second-order valence-electron chi connectivity index (χ2n) is 4.81. The Kier molecular flexibility index (Phi) is 9.64. The molecule has 0 aliphatic carbocycles. The van der Waals surface area contributed by atoms with Gasteiger partial charge in [-0.3, -0.25) is 4.79 Å². The molecule has 2 atom stereocenters. The highest BCUT2D eigenvalue weighted by Gasteiger charge is 2.25. The van der Waals surface area contributed by atoms with Crippen LogP contribution in [0, 0.1) is 0 Å². The number of nitrogens with two attached hydrogens (primary N) is 1. The van der Waals surface area contributed by atoms with Crippen molar-refractivity contribution in [3.05, 3.63) is 23.8 Å². The van der Waals surface area contributed by atoms with Crippen LogP contribution in [0.2, 0.25) is 0 Å². The molecule has 2 unspecified atom stereocenters. The van der Waals surface area contributed by atoms with Gasteiger partial charge in [0.2, 0.25) is 5.78 Å². The minimum absolute atomic E-state index is 0. The van der Waals surface area contributed by atoms with Gasteiger partial charge in [0.15, 0.2) is 0 Å². The normalized spacial score (nSPS) is 13.3. The maximum absolute atomic E-state index is 12.4. The third-order valence-corrected chi connectivity index (χ3v) is 3.05. The first-order valence-electron chi connectivity index (χ1n) is 7.07. The number of Topliss-reactive ketones (excluding diaryl/α,β-unsaturated/α-hetero) is 1. The van der Waals surface area contributed by atoms with E-state index in [2.05, 4.69) is 22.2 Å². The van der Waals surface area contributed by atoms with E-state index in [1.807, 2.05) is 0 Å². The van der Waals surface area contributed by atoms with Gasteiger partial charge in [-0.1, -0.05) is 19.8 Å². The van der Waals surface area contributed by atoms with E-state index in [0.717, 1.165) is 19.3 Å². The van der Waals surface area contributed by atoms with Gasteiger partial charge in [-0.15, -0.1) is 0 Å². The predicted molar refractivity (Wildman–Crippen MR) is 80.9 cm³/mol. The molecule has 0 aromatic carbocycles. The first kappa shape index (κ1) is 19.6. The fraction of sp³-hybridized carbons (Fsp3) is 0.643. The number of hydrogen-bond acceptors (Lipinski definition) is 6. The molecule has 7 heteroatoms.